The molecule has 152 valence electrons. The van der Waals surface area contributed by atoms with Gasteiger partial charge in [0.15, 0.2) is 0 Å². The Hall–Kier alpha value is -3.02. The molecule has 0 radical (unpaired) electrons. The van der Waals surface area contributed by atoms with Crippen LogP contribution in [0.5, 0.6) is 17.2 Å². The Morgan fingerprint density at radius 1 is 0.552 bits per heavy atom. The molecule has 3 aromatic rings. The molecule has 0 spiro atoms. The van der Waals surface area contributed by atoms with Gasteiger partial charge in [0, 0.05) is 49.4 Å². The third-order valence-corrected chi connectivity index (χ3v) is 5.00. The van der Waals surface area contributed by atoms with Crippen LogP contribution in [0.3, 0.4) is 0 Å². The van der Waals surface area contributed by atoms with Crippen LogP contribution < -0.4 is 0 Å². The number of phenolic OH excluding ortho intramolecular Hbond substituents is 3. The number of rotatable bonds is 9. The molecule has 0 heterocycles. The summed E-state index contributed by atoms with van der Waals surface area (Å²) in [7, 11) is 2.02. The van der Waals surface area contributed by atoms with E-state index < -0.39 is 0 Å². The highest BCUT2D eigenvalue weighted by atomic mass is 16.3. The topological polar surface area (TPSA) is 67.2 Å². The van der Waals surface area contributed by atoms with E-state index in [4.69, 9.17) is 0 Å². The standard InChI is InChI=1S/C24H28N2O3/c1-25(16-19-8-2-5-11-22(19)27)14-15-26(17-20-9-3-6-12-23(20)28)18-21-10-4-7-13-24(21)29/h2-13,27-29H,14-18H2,1H3. The molecule has 5 heteroatoms. The molecule has 0 amide bonds. The summed E-state index contributed by atoms with van der Waals surface area (Å²) in [5, 5.41) is 30.3. The minimum absolute atomic E-state index is 0.275. The van der Waals surface area contributed by atoms with Gasteiger partial charge in [-0.25, -0.2) is 0 Å². The molecule has 3 aromatic carbocycles. The Balaban J connectivity index is 1.68. The van der Waals surface area contributed by atoms with Crippen molar-refractivity contribution in [2.75, 3.05) is 20.1 Å². The van der Waals surface area contributed by atoms with E-state index in [1.54, 1.807) is 18.2 Å². The number of hydrogen-bond donors (Lipinski definition) is 3. The number of benzene rings is 3. The Labute approximate surface area is 172 Å². The van der Waals surface area contributed by atoms with Crippen molar-refractivity contribution >= 4 is 0 Å². The second-order valence-electron chi connectivity index (χ2n) is 7.33. The summed E-state index contributed by atoms with van der Waals surface area (Å²) in [5.41, 5.74) is 2.60. The summed E-state index contributed by atoms with van der Waals surface area (Å²) < 4.78 is 0. The lowest BCUT2D eigenvalue weighted by Crippen LogP contribution is -2.32. The van der Waals surface area contributed by atoms with Crippen molar-refractivity contribution in [2.24, 2.45) is 0 Å². The highest BCUT2D eigenvalue weighted by Crippen LogP contribution is 2.22. The Morgan fingerprint density at radius 2 is 0.931 bits per heavy atom. The van der Waals surface area contributed by atoms with Gasteiger partial charge in [-0.1, -0.05) is 54.6 Å². The van der Waals surface area contributed by atoms with E-state index >= 15 is 0 Å². The Kier molecular flexibility index (Phi) is 7.11. The molecular formula is C24H28N2O3. The van der Waals surface area contributed by atoms with E-state index in [1.807, 2.05) is 61.6 Å². The van der Waals surface area contributed by atoms with Crippen LogP contribution in [0.4, 0.5) is 0 Å². The zero-order valence-corrected chi connectivity index (χ0v) is 16.7. The van der Waals surface area contributed by atoms with Crippen molar-refractivity contribution in [1.29, 1.82) is 0 Å². The van der Waals surface area contributed by atoms with Gasteiger partial charge in [0.25, 0.3) is 0 Å². The lowest BCUT2D eigenvalue weighted by atomic mass is 10.1. The number of likely N-dealkylation sites (N-methyl/N-ethyl adjacent to an activating group) is 1. The quantitative estimate of drug-likeness (QED) is 0.515. The summed E-state index contributed by atoms with van der Waals surface area (Å²) in [6.07, 6.45) is 0. The summed E-state index contributed by atoms with van der Waals surface area (Å²) in [6, 6.07) is 22.0. The summed E-state index contributed by atoms with van der Waals surface area (Å²) in [4.78, 5) is 4.35. The van der Waals surface area contributed by atoms with Crippen LogP contribution >= 0.6 is 0 Å². The Bertz CT molecular complexity index is 882. The molecule has 0 aliphatic rings. The fourth-order valence-electron chi connectivity index (χ4n) is 3.31. The van der Waals surface area contributed by atoms with Crippen molar-refractivity contribution in [3.05, 3.63) is 89.5 Å². The molecule has 0 unspecified atom stereocenters. The van der Waals surface area contributed by atoms with Gasteiger partial charge in [0.2, 0.25) is 0 Å². The predicted molar refractivity (Wildman–Crippen MR) is 115 cm³/mol. The minimum atomic E-state index is 0.275. The van der Waals surface area contributed by atoms with Gasteiger partial charge in [-0.3, -0.25) is 4.90 Å². The van der Waals surface area contributed by atoms with Crippen molar-refractivity contribution in [1.82, 2.24) is 9.80 Å². The monoisotopic (exact) mass is 392 g/mol. The Morgan fingerprint density at radius 3 is 1.34 bits per heavy atom. The van der Waals surface area contributed by atoms with Crippen molar-refractivity contribution < 1.29 is 15.3 Å². The van der Waals surface area contributed by atoms with Gasteiger partial charge in [0.1, 0.15) is 17.2 Å². The first kappa shape index (κ1) is 20.7. The maximum atomic E-state index is 10.2. The van der Waals surface area contributed by atoms with Crippen LogP contribution in [0, 0.1) is 0 Å². The molecule has 0 aliphatic carbocycles. The normalized spacial score (nSPS) is 11.3. The van der Waals surface area contributed by atoms with E-state index in [0.717, 1.165) is 29.8 Å². The summed E-state index contributed by atoms with van der Waals surface area (Å²) >= 11 is 0. The third kappa shape index (κ3) is 5.98. The van der Waals surface area contributed by atoms with Crippen LogP contribution in [-0.2, 0) is 19.6 Å². The van der Waals surface area contributed by atoms with E-state index in [1.165, 1.54) is 0 Å². The largest absolute Gasteiger partial charge is 0.508 e. The lowest BCUT2D eigenvalue weighted by molar-refractivity contribution is 0.204. The van der Waals surface area contributed by atoms with Crippen molar-refractivity contribution in [3.8, 4) is 17.2 Å². The van der Waals surface area contributed by atoms with E-state index in [2.05, 4.69) is 9.80 Å². The number of para-hydroxylation sites is 3. The summed E-state index contributed by atoms with van der Waals surface area (Å²) in [5.74, 6) is 0.856. The van der Waals surface area contributed by atoms with E-state index in [0.29, 0.717) is 25.4 Å². The second kappa shape index (κ2) is 9.96. The minimum Gasteiger partial charge on any atom is -0.508 e. The van der Waals surface area contributed by atoms with Gasteiger partial charge in [-0.2, -0.15) is 0 Å². The fraction of sp³-hybridized carbons (Fsp3) is 0.250. The van der Waals surface area contributed by atoms with Gasteiger partial charge in [-0.15, -0.1) is 0 Å². The maximum absolute atomic E-state index is 10.2. The van der Waals surface area contributed by atoms with Gasteiger partial charge in [-0.05, 0) is 25.2 Å². The average molecular weight is 392 g/mol. The molecule has 0 saturated carbocycles. The second-order valence-corrected chi connectivity index (χ2v) is 7.33. The fourth-order valence-corrected chi connectivity index (χ4v) is 3.31. The van der Waals surface area contributed by atoms with Crippen LogP contribution in [0.2, 0.25) is 0 Å². The molecule has 3 rings (SSSR count). The van der Waals surface area contributed by atoms with Gasteiger partial charge >= 0.3 is 0 Å². The first-order chi connectivity index (χ1) is 14.0. The molecule has 0 saturated heterocycles. The molecule has 0 aliphatic heterocycles. The maximum Gasteiger partial charge on any atom is 0.120 e. The third-order valence-electron chi connectivity index (χ3n) is 5.00. The number of aromatic hydroxyl groups is 3. The van der Waals surface area contributed by atoms with Crippen LogP contribution in [0.15, 0.2) is 72.8 Å². The predicted octanol–water partition coefficient (Wildman–Crippen LogP) is 3.94. The lowest BCUT2D eigenvalue weighted by Gasteiger charge is -2.26. The van der Waals surface area contributed by atoms with Crippen LogP contribution in [0.25, 0.3) is 0 Å². The zero-order valence-electron chi connectivity index (χ0n) is 16.7. The molecular weight excluding hydrogens is 364 g/mol. The first-order valence-corrected chi connectivity index (χ1v) is 9.74. The number of nitrogens with zero attached hydrogens (tertiary/aromatic N) is 2. The van der Waals surface area contributed by atoms with E-state index in [-0.39, 0.29) is 11.5 Å². The molecule has 0 bridgehead atoms. The van der Waals surface area contributed by atoms with Gasteiger partial charge < -0.3 is 20.2 Å². The average Bonchev–Trinajstić information content (AvgIpc) is 2.71. The van der Waals surface area contributed by atoms with Crippen molar-refractivity contribution in [3.63, 3.8) is 0 Å². The van der Waals surface area contributed by atoms with Crippen molar-refractivity contribution in [2.45, 2.75) is 19.6 Å². The zero-order chi connectivity index (χ0) is 20.6. The summed E-state index contributed by atoms with van der Waals surface area (Å²) in [6.45, 7) is 3.31. The molecule has 5 nitrogen and oxygen atoms in total. The van der Waals surface area contributed by atoms with Gasteiger partial charge in [0.05, 0.1) is 0 Å². The molecule has 3 N–H and O–H groups in total. The first-order valence-electron chi connectivity index (χ1n) is 9.74. The highest BCUT2D eigenvalue weighted by molar-refractivity contribution is 5.34. The van der Waals surface area contributed by atoms with E-state index in [9.17, 15) is 15.3 Å². The van der Waals surface area contributed by atoms with Crippen LogP contribution in [-0.4, -0.2) is 45.3 Å². The molecule has 0 fully saturated rings. The number of hydrogen-bond acceptors (Lipinski definition) is 5. The molecule has 29 heavy (non-hydrogen) atoms. The molecule has 0 aromatic heterocycles. The molecule has 0 atom stereocenters. The number of phenols is 3. The smallest absolute Gasteiger partial charge is 0.120 e. The van der Waals surface area contributed by atoms with Crippen LogP contribution in [0.1, 0.15) is 16.7 Å². The SMILES string of the molecule is CN(CCN(Cc1ccccc1O)Cc1ccccc1O)Cc1ccccc1O. The highest BCUT2D eigenvalue weighted by Gasteiger charge is 2.13.